The summed E-state index contributed by atoms with van der Waals surface area (Å²) in [4.78, 5) is 4.38. The van der Waals surface area contributed by atoms with Gasteiger partial charge < -0.3 is 19.4 Å². The van der Waals surface area contributed by atoms with Crippen molar-refractivity contribution in [2.24, 2.45) is 0 Å². The highest BCUT2D eigenvalue weighted by atomic mass is 16.5. The van der Waals surface area contributed by atoms with Crippen molar-refractivity contribution in [1.29, 1.82) is 0 Å². The summed E-state index contributed by atoms with van der Waals surface area (Å²) in [5.74, 6) is 1.03. The van der Waals surface area contributed by atoms with Gasteiger partial charge in [0.1, 0.15) is 5.82 Å². The summed E-state index contributed by atoms with van der Waals surface area (Å²) in [6.45, 7) is 12.1. The van der Waals surface area contributed by atoms with Gasteiger partial charge in [-0.25, -0.2) is 4.98 Å². The summed E-state index contributed by atoms with van der Waals surface area (Å²) < 4.78 is 12.7. The van der Waals surface area contributed by atoms with Crippen molar-refractivity contribution in [3.63, 3.8) is 0 Å². The van der Waals surface area contributed by atoms with Crippen molar-refractivity contribution in [3.05, 3.63) is 17.7 Å². The number of aryl methyl sites for hydroxylation is 1. The predicted octanol–water partition coefficient (Wildman–Crippen LogP) is 1.74. The van der Waals surface area contributed by atoms with Crippen LogP contribution in [0.25, 0.3) is 0 Å². The van der Waals surface area contributed by atoms with Gasteiger partial charge in [0.2, 0.25) is 0 Å². The number of methoxy groups -OCH3 is 1. The summed E-state index contributed by atoms with van der Waals surface area (Å²) in [7, 11) is 1.68. The Labute approximate surface area is 116 Å². The summed E-state index contributed by atoms with van der Waals surface area (Å²) in [6.07, 6.45) is 1.93. The number of nitrogens with one attached hydrogen (secondary N) is 1. The van der Waals surface area contributed by atoms with Crippen LogP contribution < -0.4 is 5.32 Å². The summed E-state index contributed by atoms with van der Waals surface area (Å²) in [6, 6.07) is 0. The van der Waals surface area contributed by atoms with Gasteiger partial charge in [-0.3, -0.25) is 0 Å². The van der Waals surface area contributed by atoms with Crippen LogP contribution in [0.1, 0.15) is 32.3 Å². The Morgan fingerprint density at radius 1 is 1.26 bits per heavy atom. The Balaban J connectivity index is 2.45. The monoisotopic (exact) mass is 269 g/mol. The Morgan fingerprint density at radius 3 is 2.63 bits per heavy atom. The summed E-state index contributed by atoms with van der Waals surface area (Å²) in [5.41, 5.74) is 1.31. The van der Waals surface area contributed by atoms with Gasteiger partial charge in [-0.2, -0.15) is 0 Å². The number of nitrogens with zero attached hydrogens (tertiary/aromatic N) is 2. The highest BCUT2D eigenvalue weighted by Crippen LogP contribution is 2.07. The first-order chi connectivity index (χ1) is 8.94. The number of rotatable bonds is 8. The topological polar surface area (TPSA) is 48.3 Å². The molecule has 19 heavy (non-hydrogen) atoms. The molecule has 5 heteroatoms. The van der Waals surface area contributed by atoms with Crippen LogP contribution in [0.2, 0.25) is 0 Å². The molecule has 0 amide bonds. The smallest absolute Gasteiger partial charge is 0.105 e. The number of imidazole rings is 1. The molecule has 1 N–H and O–H groups in total. The fourth-order valence-electron chi connectivity index (χ4n) is 1.72. The molecule has 0 aliphatic rings. The molecule has 0 saturated heterocycles. The molecule has 0 fully saturated rings. The third-order valence-electron chi connectivity index (χ3n) is 2.83. The van der Waals surface area contributed by atoms with Crippen molar-refractivity contribution >= 4 is 0 Å². The van der Waals surface area contributed by atoms with E-state index in [4.69, 9.17) is 9.47 Å². The molecule has 0 aliphatic carbocycles. The van der Waals surface area contributed by atoms with E-state index in [0.717, 1.165) is 18.9 Å². The van der Waals surface area contributed by atoms with Gasteiger partial charge in [-0.15, -0.1) is 0 Å². The maximum absolute atomic E-state index is 5.51. The lowest BCUT2D eigenvalue weighted by molar-refractivity contribution is 0.0661. The number of ether oxygens (including phenoxy) is 2. The number of hydrogen-bond acceptors (Lipinski definition) is 4. The van der Waals surface area contributed by atoms with E-state index in [9.17, 15) is 0 Å². The number of hydrogen-bond donors (Lipinski definition) is 1. The fourth-order valence-corrected chi connectivity index (χ4v) is 1.72. The van der Waals surface area contributed by atoms with Gasteiger partial charge in [-0.05, 0) is 27.7 Å². The standard InChI is InChI=1S/C14H27N3O2/c1-12-15-10-13(11-16-14(2,3)4)17(12)6-7-19-9-8-18-5/h10,16H,6-9,11H2,1-5H3. The van der Waals surface area contributed by atoms with Crippen LogP contribution >= 0.6 is 0 Å². The third-order valence-corrected chi connectivity index (χ3v) is 2.83. The molecule has 5 nitrogen and oxygen atoms in total. The molecule has 0 radical (unpaired) electrons. The van der Waals surface area contributed by atoms with E-state index < -0.39 is 0 Å². The highest BCUT2D eigenvalue weighted by Gasteiger charge is 2.12. The lowest BCUT2D eigenvalue weighted by Gasteiger charge is -2.21. The molecular weight excluding hydrogens is 242 g/mol. The van der Waals surface area contributed by atoms with Crippen molar-refractivity contribution < 1.29 is 9.47 Å². The van der Waals surface area contributed by atoms with Crippen LogP contribution in [0, 0.1) is 6.92 Å². The summed E-state index contributed by atoms with van der Waals surface area (Å²) >= 11 is 0. The Kier molecular flexibility index (Phi) is 6.48. The zero-order chi connectivity index (χ0) is 14.3. The Bertz CT molecular complexity index is 369. The SMILES string of the molecule is COCCOCCn1c(CNC(C)(C)C)cnc1C. The molecule has 0 unspecified atom stereocenters. The van der Waals surface area contributed by atoms with Crippen LogP contribution in [0.4, 0.5) is 0 Å². The van der Waals surface area contributed by atoms with Crippen LogP contribution in [-0.2, 0) is 22.6 Å². The van der Waals surface area contributed by atoms with Gasteiger partial charge >= 0.3 is 0 Å². The van der Waals surface area contributed by atoms with Gasteiger partial charge in [0.15, 0.2) is 0 Å². The second-order valence-corrected chi connectivity index (χ2v) is 5.66. The largest absolute Gasteiger partial charge is 0.382 e. The first-order valence-corrected chi connectivity index (χ1v) is 6.77. The van der Waals surface area contributed by atoms with Crippen molar-refractivity contribution in [2.45, 2.75) is 46.3 Å². The van der Waals surface area contributed by atoms with Gasteiger partial charge in [0, 0.05) is 31.9 Å². The van der Waals surface area contributed by atoms with Gasteiger partial charge in [0.25, 0.3) is 0 Å². The van der Waals surface area contributed by atoms with Crippen LogP contribution in [-0.4, -0.2) is 42.0 Å². The van der Waals surface area contributed by atoms with E-state index in [1.54, 1.807) is 7.11 Å². The van der Waals surface area contributed by atoms with E-state index in [1.807, 2.05) is 13.1 Å². The van der Waals surface area contributed by atoms with Crippen LogP contribution in [0.5, 0.6) is 0 Å². The average molecular weight is 269 g/mol. The van der Waals surface area contributed by atoms with Gasteiger partial charge in [0.05, 0.1) is 25.5 Å². The van der Waals surface area contributed by atoms with E-state index in [0.29, 0.717) is 19.8 Å². The van der Waals surface area contributed by atoms with Crippen LogP contribution in [0.3, 0.4) is 0 Å². The first-order valence-electron chi connectivity index (χ1n) is 6.77. The normalized spacial score (nSPS) is 12.1. The van der Waals surface area contributed by atoms with Crippen molar-refractivity contribution in [3.8, 4) is 0 Å². The molecule has 0 spiro atoms. The summed E-state index contributed by atoms with van der Waals surface area (Å²) in [5, 5.41) is 3.48. The highest BCUT2D eigenvalue weighted by molar-refractivity contribution is 5.04. The Hall–Kier alpha value is -0.910. The second kappa shape index (κ2) is 7.62. The molecule has 1 aromatic rings. The maximum atomic E-state index is 5.51. The molecule has 0 saturated carbocycles. The second-order valence-electron chi connectivity index (χ2n) is 5.66. The van der Waals surface area contributed by atoms with E-state index in [2.05, 4.69) is 35.6 Å². The molecule has 1 aromatic heterocycles. The zero-order valence-corrected chi connectivity index (χ0v) is 12.8. The van der Waals surface area contributed by atoms with Crippen molar-refractivity contribution in [1.82, 2.24) is 14.9 Å². The van der Waals surface area contributed by atoms with Crippen LogP contribution in [0.15, 0.2) is 6.20 Å². The third kappa shape index (κ3) is 6.18. The molecule has 1 rings (SSSR count). The molecular formula is C14H27N3O2. The molecule has 0 bridgehead atoms. The lowest BCUT2D eigenvalue weighted by atomic mass is 10.1. The lowest BCUT2D eigenvalue weighted by Crippen LogP contribution is -2.35. The number of aromatic nitrogens is 2. The minimum absolute atomic E-state index is 0.109. The first kappa shape index (κ1) is 16.1. The minimum Gasteiger partial charge on any atom is -0.382 e. The minimum atomic E-state index is 0.109. The van der Waals surface area contributed by atoms with Gasteiger partial charge in [-0.1, -0.05) is 0 Å². The quantitative estimate of drug-likeness (QED) is 0.730. The predicted molar refractivity (Wildman–Crippen MR) is 76.3 cm³/mol. The van der Waals surface area contributed by atoms with E-state index >= 15 is 0 Å². The van der Waals surface area contributed by atoms with E-state index in [1.165, 1.54) is 5.69 Å². The molecule has 0 aromatic carbocycles. The zero-order valence-electron chi connectivity index (χ0n) is 12.8. The maximum Gasteiger partial charge on any atom is 0.105 e. The molecule has 1 heterocycles. The molecule has 0 aliphatic heterocycles. The molecule has 0 atom stereocenters. The van der Waals surface area contributed by atoms with E-state index in [-0.39, 0.29) is 5.54 Å². The average Bonchev–Trinajstić information content (AvgIpc) is 2.67. The molecule has 110 valence electrons. The Morgan fingerprint density at radius 2 is 2.00 bits per heavy atom. The van der Waals surface area contributed by atoms with Crippen molar-refractivity contribution in [2.75, 3.05) is 26.9 Å². The fraction of sp³-hybridized carbons (Fsp3) is 0.786.